The zero-order valence-corrected chi connectivity index (χ0v) is 10.8. The molecule has 1 aliphatic rings. The molecule has 0 amide bonds. The van der Waals surface area contributed by atoms with Crippen LogP contribution in [-0.2, 0) is 9.31 Å². The Morgan fingerprint density at radius 3 is 2.56 bits per heavy atom. The van der Waals surface area contributed by atoms with Crippen molar-refractivity contribution in [3.8, 4) is 0 Å². The average molecular weight is 242 g/mol. The summed E-state index contributed by atoms with van der Waals surface area (Å²) >= 11 is 0. The lowest BCUT2D eigenvalue weighted by Crippen LogP contribution is -2.34. The Hall–Kier alpha value is -1.68. The number of benzene rings is 1. The zero-order valence-electron chi connectivity index (χ0n) is 10.8. The van der Waals surface area contributed by atoms with E-state index in [1.165, 1.54) is 0 Å². The van der Waals surface area contributed by atoms with Crippen molar-refractivity contribution in [2.45, 2.75) is 26.4 Å². The highest BCUT2D eigenvalue weighted by Crippen LogP contribution is 2.30. The molecule has 0 unspecified atom stereocenters. The van der Waals surface area contributed by atoms with Crippen LogP contribution >= 0.6 is 0 Å². The van der Waals surface area contributed by atoms with E-state index in [-0.39, 0.29) is 0 Å². The second-order valence-electron chi connectivity index (χ2n) is 5.09. The predicted molar refractivity (Wildman–Crippen MR) is 71.7 cm³/mol. The van der Waals surface area contributed by atoms with Crippen LogP contribution in [0.2, 0.25) is 0 Å². The fourth-order valence-electron chi connectivity index (χ4n) is 2.15. The maximum atomic E-state index is 5.84. The summed E-state index contributed by atoms with van der Waals surface area (Å²) in [5, 5.41) is 1.09. The van der Waals surface area contributed by atoms with E-state index in [2.05, 4.69) is 6.58 Å². The van der Waals surface area contributed by atoms with E-state index in [0.29, 0.717) is 5.76 Å². The highest BCUT2D eigenvalue weighted by molar-refractivity contribution is 6.62. The molecular weight excluding hydrogens is 227 g/mol. The molecule has 3 nitrogen and oxygen atoms in total. The molecule has 1 aromatic heterocycles. The molecule has 18 heavy (non-hydrogen) atoms. The molecule has 0 spiro atoms. The Balaban J connectivity index is 2.06. The normalized spacial score (nSPS) is 18.4. The lowest BCUT2D eigenvalue weighted by atomic mass is 9.83. The molecule has 0 bridgehead atoms. The van der Waals surface area contributed by atoms with E-state index in [1.54, 1.807) is 0 Å². The monoisotopic (exact) mass is 242 g/mol. The molecule has 3 rings (SSSR count). The van der Waals surface area contributed by atoms with E-state index >= 15 is 0 Å². The van der Waals surface area contributed by atoms with Crippen molar-refractivity contribution in [2.75, 3.05) is 0 Å². The van der Waals surface area contributed by atoms with Crippen molar-refractivity contribution < 1.29 is 13.7 Å². The average Bonchev–Trinajstić information content (AvgIpc) is 2.79. The van der Waals surface area contributed by atoms with Gasteiger partial charge in [0, 0.05) is 5.39 Å². The van der Waals surface area contributed by atoms with Gasteiger partial charge in [0.1, 0.15) is 11.2 Å². The fraction of sp³-hybridized carbons (Fsp3) is 0.286. The molecule has 0 saturated carbocycles. The van der Waals surface area contributed by atoms with Gasteiger partial charge in [-0.15, -0.1) is 0 Å². The minimum atomic E-state index is -0.500. The van der Waals surface area contributed by atoms with Crippen molar-refractivity contribution in [2.24, 2.45) is 0 Å². The van der Waals surface area contributed by atoms with Gasteiger partial charge in [0.2, 0.25) is 0 Å². The standard InChI is InChI=1S/C14H15BO3/c1-9-11-7-5-6-8-12(11)16-13(9)15-17-10(2)14(3,4)18-15/h5-8H,2H2,1,3-4H3. The Morgan fingerprint density at radius 2 is 1.94 bits per heavy atom. The molecule has 2 aromatic rings. The van der Waals surface area contributed by atoms with Crippen molar-refractivity contribution in [3.63, 3.8) is 0 Å². The minimum Gasteiger partial charge on any atom is -0.532 e. The van der Waals surface area contributed by atoms with Gasteiger partial charge in [-0.25, -0.2) is 0 Å². The topological polar surface area (TPSA) is 31.6 Å². The van der Waals surface area contributed by atoms with Crippen LogP contribution in [0, 0.1) is 6.92 Å². The molecule has 4 heteroatoms. The summed E-state index contributed by atoms with van der Waals surface area (Å²) in [7, 11) is -0.500. The predicted octanol–water partition coefficient (Wildman–Crippen LogP) is 2.78. The van der Waals surface area contributed by atoms with Gasteiger partial charge in [-0.05, 0) is 32.4 Å². The summed E-state index contributed by atoms with van der Waals surface area (Å²) in [4.78, 5) is 0. The summed E-state index contributed by atoms with van der Waals surface area (Å²) in [6, 6.07) is 7.93. The van der Waals surface area contributed by atoms with Gasteiger partial charge in [0.05, 0.1) is 5.76 Å². The number of furan rings is 1. The zero-order chi connectivity index (χ0) is 12.9. The van der Waals surface area contributed by atoms with Gasteiger partial charge >= 0.3 is 7.12 Å². The van der Waals surface area contributed by atoms with Gasteiger partial charge in [-0.1, -0.05) is 24.8 Å². The second kappa shape index (κ2) is 3.66. The molecule has 1 saturated heterocycles. The Morgan fingerprint density at radius 1 is 1.22 bits per heavy atom. The van der Waals surface area contributed by atoms with Crippen molar-refractivity contribution in [1.82, 2.24) is 0 Å². The molecule has 0 N–H and O–H groups in total. The van der Waals surface area contributed by atoms with Crippen LogP contribution in [0.5, 0.6) is 0 Å². The van der Waals surface area contributed by atoms with Crippen LogP contribution < -0.4 is 5.66 Å². The lowest BCUT2D eigenvalue weighted by molar-refractivity contribution is 0.172. The first-order chi connectivity index (χ1) is 8.49. The Bertz CT molecular complexity index is 627. The third kappa shape index (κ3) is 1.56. The minimum absolute atomic E-state index is 0.476. The first-order valence-corrected chi connectivity index (χ1v) is 6.01. The molecule has 0 aliphatic carbocycles. The van der Waals surface area contributed by atoms with Crippen LogP contribution in [0.25, 0.3) is 11.0 Å². The van der Waals surface area contributed by atoms with Gasteiger partial charge in [0.25, 0.3) is 0 Å². The van der Waals surface area contributed by atoms with Crippen molar-refractivity contribution >= 4 is 23.7 Å². The van der Waals surface area contributed by atoms with E-state index < -0.39 is 12.7 Å². The highest BCUT2D eigenvalue weighted by atomic mass is 16.7. The number of aryl methyl sites for hydroxylation is 1. The smallest absolute Gasteiger partial charge is 0.532 e. The van der Waals surface area contributed by atoms with Gasteiger partial charge in [-0.3, -0.25) is 0 Å². The molecule has 2 heterocycles. The number of rotatable bonds is 1. The fourth-order valence-corrected chi connectivity index (χ4v) is 2.15. The van der Waals surface area contributed by atoms with E-state index in [1.807, 2.05) is 45.0 Å². The number of fused-ring (bicyclic) bond motifs is 1. The first kappa shape index (κ1) is 11.4. The molecule has 0 radical (unpaired) electrons. The molecule has 1 aliphatic heterocycles. The highest BCUT2D eigenvalue weighted by Gasteiger charge is 2.45. The first-order valence-electron chi connectivity index (χ1n) is 6.01. The summed E-state index contributed by atoms with van der Waals surface area (Å²) in [6.45, 7) is 9.77. The van der Waals surface area contributed by atoms with E-state index in [9.17, 15) is 0 Å². The van der Waals surface area contributed by atoms with Gasteiger partial charge < -0.3 is 13.7 Å². The molecule has 92 valence electrons. The molecule has 1 aromatic carbocycles. The second-order valence-corrected chi connectivity index (χ2v) is 5.09. The van der Waals surface area contributed by atoms with Crippen molar-refractivity contribution in [1.29, 1.82) is 0 Å². The maximum Gasteiger partial charge on any atom is 0.601 e. The van der Waals surface area contributed by atoms with Crippen LogP contribution in [0.15, 0.2) is 41.0 Å². The summed E-state index contributed by atoms with van der Waals surface area (Å²) in [5.41, 5.74) is 2.16. The van der Waals surface area contributed by atoms with Crippen LogP contribution in [0.4, 0.5) is 0 Å². The lowest BCUT2D eigenvalue weighted by Gasteiger charge is -2.15. The largest absolute Gasteiger partial charge is 0.601 e. The molecule has 0 atom stereocenters. The van der Waals surface area contributed by atoms with Crippen LogP contribution in [0.1, 0.15) is 19.4 Å². The van der Waals surface area contributed by atoms with Gasteiger partial charge in [0.15, 0.2) is 5.66 Å². The summed E-state index contributed by atoms with van der Waals surface area (Å²) in [5.74, 6) is 0.632. The summed E-state index contributed by atoms with van der Waals surface area (Å²) < 4.78 is 17.3. The number of para-hydroxylation sites is 1. The Kier molecular flexibility index (Phi) is 2.32. The Labute approximate surface area is 107 Å². The van der Waals surface area contributed by atoms with E-state index in [0.717, 1.165) is 22.2 Å². The number of hydrogen-bond donors (Lipinski definition) is 0. The summed E-state index contributed by atoms with van der Waals surface area (Å²) in [6.07, 6.45) is 0. The van der Waals surface area contributed by atoms with E-state index in [4.69, 9.17) is 13.7 Å². The van der Waals surface area contributed by atoms with Crippen LogP contribution in [-0.4, -0.2) is 12.7 Å². The van der Waals surface area contributed by atoms with Crippen molar-refractivity contribution in [3.05, 3.63) is 42.2 Å². The third-order valence-electron chi connectivity index (χ3n) is 3.42. The molecule has 1 fully saturated rings. The third-order valence-corrected chi connectivity index (χ3v) is 3.42. The molecular formula is C14H15BO3. The maximum absolute atomic E-state index is 5.84. The van der Waals surface area contributed by atoms with Crippen LogP contribution in [0.3, 0.4) is 0 Å². The SMILES string of the molecule is C=C1OB(c2oc3ccccc3c2C)OC1(C)C. The van der Waals surface area contributed by atoms with Gasteiger partial charge in [-0.2, -0.15) is 0 Å². The number of hydrogen-bond acceptors (Lipinski definition) is 3. The quantitative estimate of drug-likeness (QED) is 0.720.